The van der Waals surface area contributed by atoms with E-state index in [4.69, 9.17) is 10.5 Å². The lowest BCUT2D eigenvalue weighted by atomic mass is 10.2. The predicted octanol–water partition coefficient (Wildman–Crippen LogP) is 1.78. The van der Waals surface area contributed by atoms with E-state index in [0.717, 1.165) is 17.3 Å². The number of carbonyl (C=O) groups is 2. The number of methoxy groups -OCH3 is 1. The third-order valence-corrected chi connectivity index (χ3v) is 5.94. The quantitative estimate of drug-likeness (QED) is 0.426. The molecule has 0 aliphatic carbocycles. The third kappa shape index (κ3) is 3.89. The molecular weight excluding hydrogens is 432 g/mol. The highest BCUT2D eigenvalue weighted by atomic mass is 32.2. The summed E-state index contributed by atoms with van der Waals surface area (Å²) in [5, 5.41) is 10.7. The number of fused-ring (bicyclic) bond motifs is 3. The molecule has 32 heavy (non-hydrogen) atoms. The number of nitrogens with one attached hydrogen (secondary N) is 1. The molecule has 2 aromatic carbocycles. The van der Waals surface area contributed by atoms with E-state index in [1.54, 1.807) is 36.6 Å². The Morgan fingerprint density at radius 1 is 1.16 bits per heavy atom. The van der Waals surface area contributed by atoms with Crippen molar-refractivity contribution in [2.45, 2.75) is 23.9 Å². The smallest absolute Gasteiger partial charge is 0.318 e. The molecule has 11 heteroatoms. The van der Waals surface area contributed by atoms with Crippen LogP contribution in [0.1, 0.15) is 12.5 Å². The number of urea groups is 1. The Kier molecular flexibility index (Phi) is 5.82. The van der Waals surface area contributed by atoms with Gasteiger partial charge in [0, 0.05) is 5.56 Å². The number of hydrogen-bond donors (Lipinski definition) is 2. The van der Waals surface area contributed by atoms with Crippen molar-refractivity contribution in [2.75, 3.05) is 7.11 Å². The van der Waals surface area contributed by atoms with Crippen molar-refractivity contribution in [1.82, 2.24) is 24.5 Å². The Morgan fingerprint density at radius 3 is 2.62 bits per heavy atom. The van der Waals surface area contributed by atoms with Gasteiger partial charge in [-0.2, -0.15) is 0 Å². The molecule has 3 amide bonds. The molecule has 0 radical (unpaired) electrons. The van der Waals surface area contributed by atoms with Gasteiger partial charge in [-0.25, -0.2) is 4.79 Å². The van der Waals surface area contributed by atoms with Crippen molar-refractivity contribution >= 4 is 40.4 Å². The van der Waals surface area contributed by atoms with Gasteiger partial charge in [0.05, 0.1) is 29.8 Å². The second-order valence-electron chi connectivity index (χ2n) is 6.95. The third-order valence-electron chi connectivity index (χ3n) is 4.90. The summed E-state index contributed by atoms with van der Waals surface area (Å²) in [5.41, 5.74) is 6.24. The van der Waals surface area contributed by atoms with Gasteiger partial charge in [-0.15, -0.1) is 10.2 Å². The largest absolute Gasteiger partial charge is 0.496 e. The number of carbonyl (C=O) groups excluding carboxylic acids is 2. The molecule has 164 valence electrons. The highest BCUT2D eigenvalue weighted by molar-refractivity contribution is 8.00. The molecule has 3 N–H and O–H groups in total. The van der Waals surface area contributed by atoms with Crippen molar-refractivity contribution < 1.29 is 14.3 Å². The minimum absolute atomic E-state index is 0.220. The number of para-hydroxylation sites is 2. The summed E-state index contributed by atoms with van der Waals surface area (Å²) >= 11 is 1.10. The van der Waals surface area contributed by atoms with Gasteiger partial charge < -0.3 is 10.5 Å². The minimum Gasteiger partial charge on any atom is -0.496 e. The van der Waals surface area contributed by atoms with Crippen LogP contribution in [0.3, 0.4) is 0 Å². The first-order chi connectivity index (χ1) is 15.4. The number of ether oxygens (including phenoxy) is 1. The molecular formula is C21H20N6O4S. The van der Waals surface area contributed by atoms with Gasteiger partial charge in [0.1, 0.15) is 5.75 Å². The van der Waals surface area contributed by atoms with Crippen molar-refractivity contribution in [3.63, 3.8) is 0 Å². The minimum atomic E-state index is -0.926. The molecule has 0 saturated heterocycles. The topological polar surface area (TPSA) is 134 Å². The molecule has 4 aromatic rings. The first-order valence-corrected chi connectivity index (χ1v) is 10.5. The first-order valence-electron chi connectivity index (χ1n) is 9.66. The average molecular weight is 452 g/mol. The van der Waals surface area contributed by atoms with E-state index in [-0.39, 0.29) is 12.1 Å². The Bertz CT molecular complexity index is 1400. The fourth-order valence-electron chi connectivity index (χ4n) is 3.39. The van der Waals surface area contributed by atoms with Crippen LogP contribution in [0.5, 0.6) is 5.75 Å². The Balaban J connectivity index is 1.87. The van der Waals surface area contributed by atoms with Crippen LogP contribution in [-0.4, -0.2) is 43.5 Å². The Morgan fingerprint density at radius 2 is 1.88 bits per heavy atom. The molecule has 0 fully saturated rings. The molecule has 0 aliphatic rings. The molecule has 2 aromatic heterocycles. The van der Waals surface area contributed by atoms with Crippen LogP contribution in [0.4, 0.5) is 4.79 Å². The van der Waals surface area contributed by atoms with Gasteiger partial charge in [-0.1, -0.05) is 42.1 Å². The van der Waals surface area contributed by atoms with Gasteiger partial charge >= 0.3 is 6.03 Å². The lowest BCUT2D eigenvalue weighted by molar-refractivity contribution is -0.119. The van der Waals surface area contributed by atoms with Crippen LogP contribution in [-0.2, 0) is 11.3 Å². The van der Waals surface area contributed by atoms with Crippen LogP contribution in [0.2, 0.25) is 0 Å². The molecule has 10 nitrogen and oxygen atoms in total. The summed E-state index contributed by atoms with van der Waals surface area (Å²) in [6.07, 6.45) is 0. The number of nitrogens with two attached hydrogens (primary N) is 1. The lowest BCUT2D eigenvalue weighted by Gasteiger charge is -2.14. The van der Waals surface area contributed by atoms with E-state index in [0.29, 0.717) is 27.6 Å². The number of imide groups is 1. The number of thioether (sulfide) groups is 1. The summed E-state index contributed by atoms with van der Waals surface area (Å²) < 4.78 is 8.67. The lowest BCUT2D eigenvalue weighted by Crippen LogP contribution is -2.39. The summed E-state index contributed by atoms with van der Waals surface area (Å²) in [5.74, 6) is 0.423. The van der Waals surface area contributed by atoms with Gasteiger partial charge in [0.15, 0.2) is 5.16 Å². The van der Waals surface area contributed by atoms with Gasteiger partial charge in [0.25, 0.3) is 5.56 Å². The Hall–Kier alpha value is -3.86. The Labute approximate surface area is 186 Å². The highest BCUT2D eigenvalue weighted by Crippen LogP contribution is 2.26. The molecule has 0 saturated carbocycles. The number of amides is 3. The highest BCUT2D eigenvalue weighted by Gasteiger charge is 2.22. The van der Waals surface area contributed by atoms with E-state index < -0.39 is 17.2 Å². The fraction of sp³-hybridized carbons (Fsp3) is 0.190. The van der Waals surface area contributed by atoms with Gasteiger partial charge in [-0.3, -0.25) is 23.9 Å². The number of primary amides is 1. The normalized spacial score (nSPS) is 12.1. The maximum Gasteiger partial charge on any atom is 0.318 e. The van der Waals surface area contributed by atoms with Crippen LogP contribution in [0.25, 0.3) is 16.7 Å². The summed E-state index contributed by atoms with van der Waals surface area (Å²) in [6.45, 7) is 1.84. The molecule has 4 rings (SSSR count). The van der Waals surface area contributed by atoms with Gasteiger partial charge in [-0.05, 0) is 25.1 Å². The number of nitrogens with zero attached hydrogens (tertiary/aromatic N) is 4. The zero-order chi connectivity index (χ0) is 22.8. The van der Waals surface area contributed by atoms with Crippen LogP contribution < -0.4 is 21.3 Å². The maximum absolute atomic E-state index is 13.3. The van der Waals surface area contributed by atoms with E-state index >= 15 is 0 Å². The van der Waals surface area contributed by atoms with Gasteiger partial charge in [0.2, 0.25) is 11.7 Å². The van der Waals surface area contributed by atoms with Crippen molar-refractivity contribution in [2.24, 2.45) is 5.73 Å². The second kappa shape index (κ2) is 8.71. The number of aromatic nitrogens is 4. The van der Waals surface area contributed by atoms with Crippen LogP contribution in [0, 0.1) is 0 Å². The second-order valence-corrected chi connectivity index (χ2v) is 8.26. The molecule has 1 atom stereocenters. The summed E-state index contributed by atoms with van der Waals surface area (Å²) in [7, 11) is 1.57. The van der Waals surface area contributed by atoms with Crippen LogP contribution in [0.15, 0.2) is 58.5 Å². The summed E-state index contributed by atoms with van der Waals surface area (Å²) in [4.78, 5) is 36.5. The molecule has 0 spiro atoms. The summed E-state index contributed by atoms with van der Waals surface area (Å²) in [6, 6.07) is 13.6. The average Bonchev–Trinajstić information content (AvgIpc) is 3.20. The number of rotatable bonds is 6. The zero-order valence-corrected chi connectivity index (χ0v) is 18.1. The van der Waals surface area contributed by atoms with Crippen molar-refractivity contribution in [3.8, 4) is 5.75 Å². The van der Waals surface area contributed by atoms with E-state index in [2.05, 4.69) is 15.5 Å². The standard InChI is InChI=1S/C21H20N6O4S/c1-12(17(28)23-19(22)30)32-21-25-24-20-26(11-13-7-3-6-10-16(13)31-2)18(29)14-8-4-5-9-15(14)27(20)21/h3-10,12H,11H2,1-2H3,(H3,22,23,28,30). The van der Waals surface area contributed by atoms with E-state index in [1.165, 1.54) is 4.57 Å². The van der Waals surface area contributed by atoms with Crippen LogP contribution >= 0.6 is 11.8 Å². The molecule has 0 aliphatic heterocycles. The predicted molar refractivity (Wildman–Crippen MR) is 120 cm³/mol. The molecule has 0 bridgehead atoms. The fourth-order valence-corrected chi connectivity index (χ4v) is 4.25. The van der Waals surface area contributed by atoms with Crippen molar-refractivity contribution in [1.29, 1.82) is 0 Å². The first kappa shape index (κ1) is 21.4. The monoisotopic (exact) mass is 452 g/mol. The number of hydrogen-bond acceptors (Lipinski definition) is 7. The maximum atomic E-state index is 13.3. The van der Waals surface area contributed by atoms with Crippen molar-refractivity contribution in [3.05, 3.63) is 64.4 Å². The molecule has 2 heterocycles. The van der Waals surface area contributed by atoms with E-state index in [1.807, 2.05) is 30.3 Å². The molecule has 1 unspecified atom stereocenters. The zero-order valence-electron chi connectivity index (χ0n) is 17.3. The van der Waals surface area contributed by atoms with E-state index in [9.17, 15) is 14.4 Å². The number of benzene rings is 2. The SMILES string of the molecule is COc1ccccc1Cn1c(=O)c2ccccc2n2c(SC(C)C(=O)NC(N)=O)nnc12.